The number of carbonyl (C=O) groups is 4. The molecule has 3 heterocycles. The van der Waals surface area contributed by atoms with Crippen molar-refractivity contribution in [3.8, 4) is 45.3 Å². The average Bonchev–Trinajstić information content (AvgIpc) is 4.04. The third-order valence-electron chi connectivity index (χ3n) is 13.6. The van der Waals surface area contributed by atoms with E-state index in [1.807, 2.05) is 111 Å². The summed E-state index contributed by atoms with van der Waals surface area (Å²) >= 11 is 0. The van der Waals surface area contributed by atoms with Crippen molar-refractivity contribution in [1.82, 2.24) is 10.6 Å². The minimum absolute atomic E-state index is 0.0265. The number of Topliss-reactive ketones (excluding diaryl/α,β-unsaturated/α-hetero) is 2. The van der Waals surface area contributed by atoms with Crippen molar-refractivity contribution in [3.63, 3.8) is 0 Å². The maximum absolute atomic E-state index is 13.5. The molecule has 0 radical (unpaired) electrons. The topological polar surface area (TPSA) is 156 Å². The van der Waals surface area contributed by atoms with Crippen LogP contribution in [0.4, 0.5) is 8.78 Å². The van der Waals surface area contributed by atoms with Gasteiger partial charge in [0.2, 0.25) is 0 Å². The number of ketones is 2. The lowest BCUT2D eigenvalue weighted by atomic mass is 9.77. The van der Waals surface area contributed by atoms with E-state index in [-0.39, 0.29) is 46.2 Å². The molecular formula is C61H63BF2N2O10. The number of rotatable bonds is 12. The molecule has 15 heteroatoms. The van der Waals surface area contributed by atoms with Crippen LogP contribution in [-0.2, 0) is 9.31 Å². The molecule has 12 nitrogen and oxygen atoms in total. The van der Waals surface area contributed by atoms with Crippen LogP contribution < -0.4 is 25.6 Å². The molecule has 1 aliphatic rings. The van der Waals surface area contributed by atoms with E-state index in [4.69, 9.17) is 27.6 Å². The van der Waals surface area contributed by atoms with Crippen molar-refractivity contribution in [2.24, 2.45) is 0 Å². The molecule has 394 valence electrons. The number of fused-ring (bicyclic) bond motifs is 2. The Morgan fingerprint density at radius 3 is 1.42 bits per heavy atom. The molecule has 6 aromatic carbocycles. The van der Waals surface area contributed by atoms with Crippen molar-refractivity contribution in [3.05, 3.63) is 160 Å². The van der Waals surface area contributed by atoms with Gasteiger partial charge in [0.05, 0.1) is 35.5 Å². The highest BCUT2D eigenvalue weighted by molar-refractivity contribution is 6.62. The zero-order chi connectivity index (χ0) is 55.4. The number of amides is 2. The molecule has 0 spiro atoms. The highest BCUT2D eigenvalue weighted by Crippen LogP contribution is 2.42. The Labute approximate surface area is 442 Å². The quantitative estimate of drug-likeness (QED) is 0.0892. The van der Waals surface area contributed by atoms with Gasteiger partial charge in [0, 0.05) is 64.8 Å². The zero-order valence-electron chi connectivity index (χ0n) is 45.2. The number of hydrogen-bond acceptors (Lipinski definition) is 10. The SMILES string of the molecule is CC(=O)c1cc(B2OC(C)(C)C(C)(C)O2)ccc1C.CCOc1cc2oc(-c3ccc(F)cc3)c(C(=O)NC)c2cc1-c1ccc(C)c(C(C)=O)c1.CCOc1cc2oc(-c3ccc(F)cc3)c(C(=O)NC)c2cc1C. The highest BCUT2D eigenvalue weighted by atomic mass is 19.1. The normalized spacial score (nSPS) is 13.3. The molecule has 2 amide bonds. The molecule has 1 aliphatic heterocycles. The number of aryl methyl sites for hydroxylation is 3. The second-order valence-corrected chi connectivity index (χ2v) is 19.4. The van der Waals surface area contributed by atoms with Crippen LogP contribution in [0.1, 0.15) is 114 Å². The maximum Gasteiger partial charge on any atom is 0.494 e. The lowest BCUT2D eigenvalue weighted by Crippen LogP contribution is -2.41. The number of halogens is 2. The van der Waals surface area contributed by atoms with Crippen molar-refractivity contribution in [2.75, 3.05) is 27.3 Å². The predicted molar refractivity (Wildman–Crippen MR) is 294 cm³/mol. The third kappa shape index (κ3) is 11.7. The summed E-state index contributed by atoms with van der Waals surface area (Å²) in [5.41, 5.74) is 8.88. The fourth-order valence-corrected chi connectivity index (χ4v) is 8.79. The van der Waals surface area contributed by atoms with Gasteiger partial charge in [0.1, 0.15) is 45.8 Å². The monoisotopic (exact) mass is 1030 g/mol. The maximum atomic E-state index is 13.5. The largest absolute Gasteiger partial charge is 0.494 e. The second kappa shape index (κ2) is 22.9. The molecule has 2 aromatic heterocycles. The molecule has 0 bridgehead atoms. The predicted octanol–water partition coefficient (Wildman–Crippen LogP) is 13.0. The first-order chi connectivity index (χ1) is 36.0. The van der Waals surface area contributed by atoms with Gasteiger partial charge in [-0.05, 0) is 171 Å². The summed E-state index contributed by atoms with van der Waals surface area (Å²) in [6.45, 7) is 21.7. The first-order valence-corrected chi connectivity index (χ1v) is 25.0. The van der Waals surface area contributed by atoms with Crippen molar-refractivity contribution in [1.29, 1.82) is 0 Å². The van der Waals surface area contributed by atoms with Crippen LogP contribution in [0.15, 0.2) is 118 Å². The Kier molecular flexibility index (Phi) is 16.9. The van der Waals surface area contributed by atoms with Crippen LogP contribution in [-0.4, -0.2) is 69.0 Å². The lowest BCUT2D eigenvalue weighted by Gasteiger charge is -2.32. The molecule has 1 fully saturated rings. The summed E-state index contributed by atoms with van der Waals surface area (Å²) in [5.74, 6) is 0.794. The molecule has 0 aliphatic carbocycles. The van der Waals surface area contributed by atoms with Crippen molar-refractivity contribution >= 4 is 57.9 Å². The Hall–Kier alpha value is -7.88. The summed E-state index contributed by atoms with van der Waals surface area (Å²) in [7, 11) is 2.70. The molecule has 9 rings (SSSR count). The molecule has 0 atom stereocenters. The van der Waals surface area contributed by atoms with Gasteiger partial charge in [-0.2, -0.15) is 0 Å². The standard InChI is InChI=1S/C27H24FNO4.C19H18FNO3.C15H21BO3/c1-5-32-23-14-24-22(13-21(23)18-7-6-15(2)20(12-18)16(3)30)25(27(31)29-4)26(33-24)17-8-10-19(28)11-9-17;1-4-23-15-10-16-14(9-11(15)2)17(19(22)21-3)18(24-16)12-5-7-13(20)8-6-12;1-10-7-8-12(9-13(10)11(2)17)16-18-14(3,4)15(5,6)19-16/h6-14H,5H2,1-4H3,(H,29,31);5-10H,4H2,1-3H3,(H,21,22);7-9H,1-6H3. The fourth-order valence-electron chi connectivity index (χ4n) is 8.79. The number of ether oxygens (including phenoxy) is 2. The van der Waals surface area contributed by atoms with Crippen LogP contribution >= 0.6 is 0 Å². The zero-order valence-corrected chi connectivity index (χ0v) is 45.2. The van der Waals surface area contributed by atoms with Crippen LogP contribution in [0.5, 0.6) is 11.5 Å². The van der Waals surface area contributed by atoms with Gasteiger partial charge in [0.25, 0.3) is 11.8 Å². The number of nitrogens with one attached hydrogen (secondary N) is 2. The highest BCUT2D eigenvalue weighted by Gasteiger charge is 2.51. The Morgan fingerprint density at radius 1 is 0.539 bits per heavy atom. The Morgan fingerprint density at radius 2 is 0.961 bits per heavy atom. The third-order valence-corrected chi connectivity index (χ3v) is 13.6. The number of benzene rings is 6. The van der Waals surface area contributed by atoms with E-state index in [1.165, 1.54) is 31.2 Å². The van der Waals surface area contributed by atoms with E-state index in [0.29, 0.717) is 86.0 Å². The minimum Gasteiger partial charge on any atom is -0.493 e. The molecule has 76 heavy (non-hydrogen) atoms. The van der Waals surface area contributed by atoms with E-state index >= 15 is 0 Å². The molecular weight excluding hydrogens is 969 g/mol. The summed E-state index contributed by atoms with van der Waals surface area (Å²) in [6, 6.07) is 30.3. The summed E-state index contributed by atoms with van der Waals surface area (Å²) in [6.07, 6.45) is 0. The summed E-state index contributed by atoms with van der Waals surface area (Å²) in [4.78, 5) is 49.0. The molecule has 0 unspecified atom stereocenters. The van der Waals surface area contributed by atoms with Crippen LogP contribution in [0.3, 0.4) is 0 Å². The Balaban J connectivity index is 0.000000173. The lowest BCUT2D eigenvalue weighted by molar-refractivity contribution is 0.00578. The van der Waals surface area contributed by atoms with Gasteiger partial charge in [-0.1, -0.05) is 30.3 Å². The van der Waals surface area contributed by atoms with E-state index in [1.54, 1.807) is 57.4 Å². The minimum atomic E-state index is -0.413. The number of carbonyl (C=O) groups excluding carboxylic acids is 4. The summed E-state index contributed by atoms with van der Waals surface area (Å²) in [5, 5.41) is 6.60. The van der Waals surface area contributed by atoms with Gasteiger partial charge in [-0.15, -0.1) is 0 Å². The molecule has 1 saturated heterocycles. The van der Waals surface area contributed by atoms with Crippen LogP contribution in [0.2, 0.25) is 0 Å². The van der Waals surface area contributed by atoms with Crippen molar-refractivity contribution in [2.45, 2.75) is 87.4 Å². The van der Waals surface area contributed by atoms with Gasteiger partial charge < -0.3 is 38.3 Å². The molecule has 0 saturated carbocycles. The molecule has 8 aromatic rings. The number of furan rings is 2. The van der Waals surface area contributed by atoms with Gasteiger partial charge >= 0.3 is 7.12 Å². The Bertz CT molecular complexity index is 3470. The van der Waals surface area contributed by atoms with Gasteiger partial charge in [-0.3, -0.25) is 19.2 Å². The molecule has 2 N–H and O–H groups in total. The van der Waals surface area contributed by atoms with Crippen LogP contribution in [0.25, 0.3) is 55.7 Å². The van der Waals surface area contributed by atoms with Crippen LogP contribution in [0, 0.1) is 32.4 Å². The first-order valence-electron chi connectivity index (χ1n) is 25.0. The second-order valence-electron chi connectivity index (χ2n) is 19.4. The van der Waals surface area contributed by atoms with Gasteiger partial charge in [0.15, 0.2) is 11.6 Å². The average molecular weight is 1030 g/mol. The number of hydrogen-bond donors (Lipinski definition) is 2. The van der Waals surface area contributed by atoms with E-state index < -0.39 is 7.12 Å². The van der Waals surface area contributed by atoms with E-state index in [2.05, 4.69) is 10.6 Å². The van der Waals surface area contributed by atoms with Gasteiger partial charge in [-0.25, -0.2) is 8.78 Å². The summed E-state index contributed by atoms with van der Waals surface area (Å²) < 4.78 is 62.2. The fraction of sp³-hybridized carbons (Fsp3) is 0.279. The van der Waals surface area contributed by atoms with Crippen molar-refractivity contribution < 1.29 is 55.6 Å². The smallest absolute Gasteiger partial charge is 0.493 e. The first kappa shape index (κ1) is 55.9. The van der Waals surface area contributed by atoms with E-state index in [0.717, 1.165) is 38.8 Å². The van der Waals surface area contributed by atoms with E-state index in [9.17, 15) is 28.0 Å².